The highest BCUT2D eigenvalue weighted by Crippen LogP contribution is 2.26. The Balaban J connectivity index is 1.75. The lowest BCUT2D eigenvalue weighted by Gasteiger charge is -2.12. The number of nitrogens with one attached hydrogen (secondary N) is 2. The highest BCUT2D eigenvalue weighted by atomic mass is 32.2. The number of sulfonamides is 1. The van der Waals surface area contributed by atoms with Crippen LogP contribution in [0.2, 0.25) is 0 Å². The lowest BCUT2D eigenvalue weighted by Crippen LogP contribution is -2.19. The molecule has 31 heavy (non-hydrogen) atoms. The summed E-state index contributed by atoms with van der Waals surface area (Å²) in [5, 5.41) is 22.7. The molecule has 3 aromatic carbocycles. The van der Waals surface area contributed by atoms with Crippen molar-refractivity contribution in [3.8, 4) is 17.2 Å². The number of anilines is 1. The Morgan fingerprint density at radius 3 is 2.55 bits per heavy atom. The van der Waals surface area contributed by atoms with Gasteiger partial charge in [0.25, 0.3) is 15.9 Å². The zero-order valence-corrected chi connectivity index (χ0v) is 17.1. The van der Waals surface area contributed by atoms with E-state index in [1.807, 2.05) is 0 Å². The number of rotatable bonds is 7. The van der Waals surface area contributed by atoms with E-state index in [1.165, 1.54) is 49.7 Å². The van der Waals surface area contributed by atoms with Crippen LogP contribution in [0.25, 0.3) is 0 Å². The summed E-state index contributed by atoms with van der Waals surface area (Å²) in [5.74, 6) is -0.623. The molecule has 0 unspecified atom stereocenters. The second-order valence-corrected chi connectivity index (χ2v) is 7.96. The lowest BCUT2D eigenvalue weighted by molar-refractivity contribution is 0.0955. The number of para-hydroxylation sites is 2. The van der Waals surface area contributed by atoms with E-state index in [-0.39, 0.29) is 33.2 Å². The molecule has 0 atom stereocenters. The number of nitrogens with zero attached hydrogens (tertiary/aromatic N) is 1. The number of carbonyl (C=O) groups excluding carboxylic acids is 1. The maximum atomic E-state index is 12.7. The van der Waals surface area contributed by atoms with Gasteiger partial charge in [-0.25, -0.2) is 13.8 Å². The van der Waals surface area contributed by atoms with Crippen molar-refractivity contribution >= 4 is 27.8 Å². The van der Waals surface area contributed by atoms with Gasteiger partial charge < -0.3 is 14.9 Å². The van der Waals surface area contributed by atoms with E-state index in [0.29, 0.717) is 5.75 Å². The highest BCUT2D eigenvalue weighted by molar-refractivity contribution is 7.92. The van der Waals surface area contributed by atoms with E-state index in [0.717, 1.165) is 6.07 Å². The molecule has 0 aliphatic rings. The molecule has 0 saturated heterocycles. The minimum Gasteiger partial charge on any atom is -0.508 e. The van der Waals surface area contributed by atoms with E-state index in [4.69, 9.17) is 4.74 Å². The maximum absolute atomic E-state index is 12.7. The van der Waals surface area contributed by atoms with E-state index < -0.39 is 15.9 Å². The van der Waals surface area contributed by atoms with Gasteiger partial charge in [0, 0.05) is 17.2 Å². The first-order valence-corrected chi connectivity index (χ1v) is 10.4. The number of phenols is 2. The second-order valence-electron chi connectivity index (χ2n) is 6.28. The summed E-state index contributed by atoms with van der Waals surface area (Å²) < 4.78 is 33.0. The second kappa shape index (κ2) is 9.18. The summed E-state index contributed by atoms with van der Waals surface area (Å²) in [6.07, 6.45) is 1.19. The molecule has 3 aromatic rings. The Bertz CT molecular complexity index is 1240. The van der Waals surface area contributed by atoms with Crippen molar-refractivity contribution in [3.63, 3.8) is 0 Å². The Morgan fingerprint density at radius 2 is 1.81 bits per heavy atom. The van der Waals surface area contributed by atoms with Crippen molar-refractivity contribution < 1.29 is 28.2 Å². The fourth-order valence-corrected chi connectivity index (χ4v) is 3.72. The fourth-order valence-electron chi connectivity index (χ4n) is 2.60. The Hall–Kier alpha value is -4.05. The van der Waals surface area contributed by atoms with E-state index in [9.17, 15) is 23.4 Å². The van der Waals surface area contributed by atoms with Crippen LogP contribution in [0.1, 0.15) is 15.9 Å². The summed E-state index contributed by atoms with van der Waals surface area (Å²) >= 11 is 0. The molecular formula is C21H19N3O6S. The third-order valence-corrected chi connectivity index (χ3v) is 5.50. The Kier molecular flexibility index (Phi) is 6.41. The van der Waals surface area contributed by atoms with Gasteiger partial charge in [-0.15, -0.1) is 0 Å². The van der Waals surface area contributed by atoms with Crippen molar-refractivity contribution in [1.29, 1.82) is 0 Å². The zero-order valence-electron chi connectivity index (χ0n) is 16.3. The summed E-state index contributed by atoms with van der Waals surface area (Å²) in [6, 6.07) is 15.9. The largest absolute Gasteiger partial charge is 0.508 e. The molecular weight excluding hydrogens is 422 g/mol. The van der Waals surface area contributed by atoms with Crippen molar-refractivity contribution in [1.82, 2.24) is 5.43 Å². The van der Waals surface area contributed by atoms with Crippen LogP contribution in [0.15, 0.2) is 76.7 Å². The first kappa shape index (κ1) is 21.7. The predicted octanol–water partition coefficient (Wildman–Crippen LogP) is 2.67. The van der Waals surface area contributed by atoms with Gasteiger partial charge in [0.15, 0.2) is 0 Å². The van der Waals surface area contributed by atoms with Gasteiger partial charge in [0.05, 0.1) is 23.9 Å². The molecule has 0 heterocycles. The van der Waals surface area contributed by atoms with Crippen molar-refractivity contribution in [2.24, 2.45) is 5.10 Å². The van der Waals surface area contributed by atoms with Gasteiger partial charge in [-0.2, -0.15) is 5.10 Å². The molecule has 0 saturated carbocycles. The summed E-state index contributed by atoms with van der Waals surface area (Å²) in [6.45, 7) is 0. The van der Waals surface area contributed by atoms with Crippen LogP contribution in [0, 0.1) is 0 Å². The molecule has 4 N–H and O–H groups in total. The topological polar surface area (TPSA) is 137 Å². The summed E-state index contributed by atoms with van der Waals surface area (Å²) in [4.78, 5) is 12.2. The third-order valence-electron chi connectivity index (χ3n) is 4.14. The third kappa shape index (κ3) is 5.31. The average Bonchev–Trinajstić information content (AvgIpc) is 2.75. The maximum Gasteiger partial charge on any atom is 0.271 e. The van der Waals surface area contributed by atoms with Crippen LogP contribution in [0.4, 0.5) is 5.69 Å². The number of hydrogen-bond donors (Lipinski definition) is 4. The molecule has 3 rings (SSSR count). The molecule has 0 aliphatic heterocycles. The van der Waals surface area contributed by atoms with E-state index in [2.05, 4.69) is 15.2 Å². The van der Waals surface area contributed by atoms with Crippen LogP contribution in [-0.4, -0.2) is 37.9 Å². The molecule has 0 aromatic heterocycles. The SMILES string of the molecule is COc1ccccc1NS(=O)(=O)c1cccc(C(=O)N/N=C/c2ccc(O)cc2O)c1. The van der Waals surface area contributed by atoms with Crippen LogP contribution < -0.4 is 14.9 Å². The van der Waals surface area contributed by atoms with Crippen LogP contribution >= 0.6 is 0 Å². The van der Waals surface area contributed by atoms with Crippen molar-refractivity contribution in [2.45, 2.75) is 4.90 Å². The molecule has 10 heteroatoms. The van der Waals surface area contributed by atoms with E-state index in [1.54, 1.807) is 24.3 Å². The van der Waals surface area contributed by atoms with Gasteiger partial charge in [-0.05, 0) is 42.5 Å². The van der Waals surface area contributed by atoms with E-state index >= 15 is 0 Å². The first-order chi connectivity index (χ1) is 14.8. The number of hydrogen-bond acceptors (Lipinski definition) is 7. The standard InChI is InChI=1S/C21H19N3O6S/c1-30-20-8-3-2-7-18(20)24-31(28,29)17-6-4-5-14(11-17)21(27)23-22-13-15-9-10-16(25)12-19(15)26/h2-13,24-26H,1H3,(H,23,27)/b22-13+. The van der Waals surface area contributed by atoms with Gasteiger partial charge >= 0.3 is 0 Å². The molecule has 0 radical (unpaired) electrons. The minimum absolute atomic E-state index is 0.0648. The fraction of sp³-hybridized carbons (Fsp3) is 0.0476. The molecule has 0 aliphatic carbocycles. The van der Waals surface area contributed by atoms with Crippen molar-refractivity contribution in [3.05, 3.63) is 77.9 Å². The lowest BCUT2D eigenvalue weighted by atomic mass is 10.2. The quantitative estimate of drug-likeness (QED) is 0.329. The molecule has 0 fully saturated rings. The minimum atomic E-state index is -3.98. The Morgan fingerprint density at radius 1 is 1.03 bits per heavy atom. The first-order valence-electron chi connectivity index (χ1n) is 8.91. The average molecular weight is 441 g/mol. The van der Waals surface area contributed by atoms with Gasteiger partial charge in [0.2, 0.25) is 0 Å². The summed E-state index contributed by atoms with van der Waals surface area (Å²) in [5.41, 5.74) is 2.86. The number of ether oxygens (including phenoxy) is 1. The number of amides is 1. The molecule has 0 bridgehead atoms. The number of methoxy groups -OCH3 is 1. The number of phenolic OH excluding ortho intramolecular Hbond substituents is 2. The number of hydrazone groups is 1. The van der Waals surface area contributed by atoms with Crippen molar-refractivity contribution in [2.75, 3.05) is 11.8 Å². The zero-order chi connectivity index (χ0) is 22.4. The molecule has 0 spiro atoms. The Labute approximate surface area is 178 Å². The summed E-state index contributed by atoms with van der Waals surface area (Å²) in [7, 11) is -2.55. The van der Waals surface area contributed by atoms with Crippen LogP contribution in [0.5, 0.6) is 17.2 Å². The van der Waals surface area contributed by atoms with Gasteiger partial charge in [-0.3, -0.25) is 9.52 Å². The highest BCUT2D eigenvalue weighted by Gasteiger charge is 2.18. The smallest absolute Gasteiger partial charge is 0.271 e. The normalized spacial score (nSPS) is 11.3. The molecule has 1 amide bonds. The number of aromatic hydroxyl groups is 2. The molecule has 9 nitrogen and oxygen atoms in total. The van der Waals surface area contributed by atoms with Crippen LogP contribution in [0.3, 0.4) is 0 Å². The molecule has 160 valence electrons. The van der Waals surface area contributed by atoms with Gasteiger partial charge in [0.1, 0.15) is 17.2 Å². The number of carbonyl (C=O) groups is 1. The van der Waals surface area contributed by atoms with Crippen LogP contribution in [-0.2, 0) is 10.0 Å². The van der Waals surface area contributed by atoms with Gasteiger partial charge in [-0.1, -0.05) is 18.2 Å². The number of benzene rings is 3. The monoisotopic (exact) mass is 441 g/mol. The predicted molar refractivity (Wildman–Crippen MR) is 115 cm³/mol.